The topological polar surface area (TPSA) is 56.8 Å². The quantitative estimate of drug-likeness (QED) is 0.902. The highest BCUT2D eigenvalue weighted by atomic mass is 15.2. The van der Waals surface area contributed by atoms with Gasteiger partial charge in [-0.15, -0.1) is 0 Å². The van der Waals surface area contributed by atoms with Crippen LogP contribution in [0.1, 0.15) is 33.6 Å². The average Bonchev–Trinajstić information content (AvgIpc) is 2.90. The molecular formula is C15H23N5. The number of hydrogen-bond acceptors (Lipinski definition) is 4. The molecule has 1 aliphatic rings. The van der Waals surface area contributed by atoms with Gasteiger partial charge in [-0.1, -0.05) is 0 Å². The first-order valence-corrected chi connectivity index (χ1v) is 7.45. The summed E-state index contributed by atoms with van der Waals surface area (Å²) in [4.78, 5) is 14.3. The maximum atomic E-state index is 4.40. The Labute approximate surface area is 119 Å². The number of rotatable bonds is 3. The van der Waals surface area contributed by atoms with Crippen molar-refractivity contribution in [1.82, 2.24) is 19.9 Å². The minimum absolute atomic E-state index is 0.460. The van der Waals surface area contributed by atoms with Gasteiger partial charge in [-0.2, -0.15) is 0 Å². The molecule has 1 saturated heterocycles. The highest BCUT2D eigenvalue weighted by Gasteiger charge is 2.27. The minimum atomic E-state index is 0.460. The van der Waals surface area contributed by atoms with Crippen LogP contribution >= 0.6 is 0 Å². The summed E-state index contributed by atoms with van der Waals surface area (Å²) in [6.45, 7) is 7.95. The SMILES string of the molecule is CC(C)N1C[C@@H](Nc2ncnc3[nH]ccc23)CC[C@@H]1C. The lowest BCUT2D eigenvalue weighted by Gasteiger charge is -2.41. The van der Waals surface area contributed by atoms with E-state index in [2.05, 4.69) is 45.9 Å². The van der Waals surface area contributed by atoms with E-state index in [4.69, 9.17) is 0 Å². The molecule has 2 N–H and O–H groups in total. The molecule has 2 aromatic heterocycles. The van der Waals surface area contributed by atoms with E-state index in [0.717, 1.165) is 23.4 Å². The first kappa shape index (κ1) is 13.4. The maximum Gasteiger partial charge on any atom is 0.142 e. The number of anilines is 1. The fourth-order valence-corrected chi connectivity index (χ4v) is 3.15. The molecule has 5 nitrogen and oxygen atoms in total. The number of piperidine rings is 1. The molecule has 0 unspecified atom stereocenters. The maximum absolute atomic E-state index is 4.40. The van der Waals surface area contributed by atoms with Crippen molar-refractivity contribution in [2.24, 2.45) is 0 Å². The minimum Gasteiger partial charge on any atom is -0.365 e. The summed E-state index contributed by atoms with van der Waals surface area (Å²) in [6.07, 6.45) is 5.96. The lowest BCUT2D eigenvalue weighted by molar-refractivity contribution is 0.115. The van der Waals surface area contributed by atoms with E-state index in [1.807, 2.05) is 12.3 Å². The van der Waals surface area contributed by atoms with E-state index in [0.29, 0.717) is 18.1 Å². The highest BCUT2D eigenvalue weighted by Crippen LogP contribution is 2.24. The zero-order chi connectivity index (χ0) is 14.1. The largest absolute Gasteiger partial charge is 0.365 e. The van der Waals surface area contributed by atoms with Crippen LogP contribution in [0.4, 0.5) is 5.82 Å². The second-order valence-electron chi connectivity index (χ2n) is 6.02. The Hall–Kier alpha value is -1.62. The van der Waals surface area contributed by atoms with Crippen LogP contribution in [0, 0.1) is 0 Å². The molecular weight excluding hydrogens is 250 g/mol. The van der Waals surface area contributed by atoms with Gasteiger partial charge in [0, 0.05) is 30.9 Å². The second-order valence-corrected chi connectivity index (χ2v) is 6.02. The summed E-state index contributed by atoms with van der Waals surface area (Å²) in [5.41, 5.74) is 0.896. The van der Waals surface area contributed by atoms with E-state index < -0.39 is 0 Å². The fourth-order valence-electron chi connectivity index (χ4n) is 3.15. The zero-order valence-electron chi connectivity index (χ0n) is 12.4. The van der Waals surface area contributed by atoms with Crippen LogP contribution in [-0.2, 0) is 0 Å². The summed E-state index contributed by atoms with van der Waals surface area (Å²) < 4.78 is 0. The molecule has 0 aliphatic carbocycles. The Balaban J connectivity index is 1.76. The third-order valence-corrected chi connectivity index (χ3v) is 4.29. The van der Waals surface area contributed by atoms with Crippen LogP contribution in [0.5, 0.6) is 0 Å². The molecule has 5 heteroatoms. The van der Waals surface area contributed by atoms with Crippen molar-refractivity contribution >= 4 is 16.9 Å². The van der Waals surface area contributed by atoms with E-state index >= 15 is 0 Å². The van der Waals surface area contributed by atoms with Gasteiger partial charge in [-0.3, -0.25) is 4.90 Å². The number of aromatic amines is 1. The number of H-pyrrole nitrogens is 1. The van der Waals surface area contributed by atoms with Crippen molar-refractivity contribution in [3.05, 3.63) is 18.6 Å². The Morgan fingerprint density at radius 2 is 2.20 bits per heavy atom. The van der Waals surface area contributed by atoms with Gasteiger partial charge in [0.25, 0.3) is 0 Å². The molecule has 2 atom stereocenters. The molecule has 108 valence electrons. The Bertz CT molecular complexity index is 576. The molecule has 0 spiro atoms. The van der Waals surface area contributed by atoms with Gasteiger partial charge < -0.3 is 10.3 Å². The Kier molecular flexibility index (Phi) is 3.61. The predicted octanol–water partition coefficient (Wildman–Crippen LogP) is 2.63. The lowest BCUT2D eigenvalue weighted by atomic mass is 9.98. The molecule has 0 radical (unpaired) electrons. The number of aromatic nitrogens is 3. The van der Waals surface area contributed by atoms with Crippen molar-refractivity contribution in [3.8, 4) is 0 Å². The first-order valence-electron chi connectivity index (χ1n) is 7.45. The Morgan fingerprint density at radius 1 is 1.35 bits per heavy atom. The van der Waals surface area contributed by atoms with Crippen LogP contribution in [0.15, 0.2) is 18.6 Å². The van der Waals surface area contributed by atoms with Gasteiger partial charge in [0.1, 0.15) is 17.8 Å². The average molecular weight is 273 g/mol. The molecule has 0 bridgehead atoms. The second kappa shape index (κ2) is 5.40. The van der Waals surface area contributed by atoms with Crippen LogP contribution in [0.2, 0.25) is 0 Å². The van der Waals surface area contributed by atoms with Crippen LogP contribution in [0.3, 0.4) is 0 Å². The van der Waals surface area contributed by atoms with E-state index in [1.54, 1.807) is 6.33 Å². The van der Waals surface area contributed by atoms with E-state index in [-0.39, 0.29) is 0 Å². The highest BCUT2D eigenvalue weighted by molar-refractivity contribution is 5.86. The Morgan fingerprint density at radius 3 is 3.00 bits per heavy atom. The fraction of sp³-hybridized carbons (Fsp3) is 0.600. The number of likely N-dealkylation sites (tertiary alicyclic amines) is 1. The first-order chi connectivity index (χ1) is 9.65. The summed E-state index contributed by atoms with van der Waals surface area (Å²) in [5, 5.41) is 4.67. The van der Waals surface area contributed by atoms with Crippen LogP contribution in [0.25, 0.3) is 11.0 Å². The molecule has 20 heavy (non-hydrogen) atoms. The monoisotopic (exact) mass is 273 g/mol. The van der Waals surface area contributed by atoms with Gasteiger partial charge in [0.15, 0.2) is 0 Å². The van der Waals surface area contributed by atoms with E-state index in [9.17, 15) is 0 Å². The summed E-state index contributed by atoms with van der Waals surface area (Å²) >= 11 is 0. The van der Waals surface area contributed by atoms with Crippen molar-refractivity contribution in [3.63, 3.8) is 0 Å². The van der Waals surface area contributed by atoms with Gasteiger partial charge in [-0.25, -0.2) is 9.97 Å². The number of hydrogen-bond donors (Lipinski definition) is 2. The number of fused-ring (bicyclic) bond motifs is 1. The third-order valence-electron chi connectivity index (χ3n) is 4.29. The van der Waals surface area contributed by atoms with Gasteiger partial charge in [0.05, 0.1) is 5.39 Å². The lowest BCUT2D eigenvalue weighted by Crippen LogP contribution is -2.49. The number of nitrogens with zero attached hydrogens (tertiary/aromatic N) is 3. The molecule has 3 rings (SSSR count). The summed E-state index contributed by atoms with van der Waals surface area (Å²) in [5.74, 6) is 0.944. The molecule has 0 saturated carbocycles. The van der Waals surface area contributed by atoms with Gasteiger partial charge in [0.2, 0.25) is 0 Å². The zero-order valence-corrected chi connectivity index (χ0v) is 12.4. The predicted molar refractivity (Wildman–Crippen MR) is 81.8 cm³/mol. The van der Waals surface area contributed by atoms with Crippen molar-refractivity contribution in [2.45, 2.75) is 51.7 Å². The van der Waals surface area contributed by atoms with Gasteiger partial charge in [-0.05, 0) is 39.7 Å². The summed E-state index contributed by atoms with van der Waals surface area (Å²) in [7, 11) is 0. The molecule has 2 aromatic rings. The van der Waals surface area contributed by atoms with Gasteiger partial charge >= 0.3 is 0 Å². The smallest absolute Gasteiger partial charge is 0.142 e. The van der Waals surface area contributed by atoms with Crippen LogP contribution < -0.4 is 5.32 Å². The van der Waals surface area contributed by atoms with Crippen molar-refractivity contribution in [1.29, 1.82) is 0 Å². The third kappa shape index (κ3) is 2.50. The van der Waals surface area contributed by atoms with Crippen LogP contribution in [-0.4, -0.2) is 44.5 Å². The summed E-state index contributed by atoms with van der Waals surface area (Å²) in [6, 6.07) is 3.75. The molecule has 3 heterocycles. The normalized spacial score (nSPS) is 24.4. The molecule has 1 fully saturated rings. The van der Waals surface area contributed by atoms with Crippen molar-refractivity contribution < 1.29 is 0 Å². The molecule has 0 aromatic carbocycles. The van der Waals surface area contributed by atoms with E-state index in [1.165, 1.54) is 12.8 Å². The van der Waals surface area contributed by atoms with Crippen molar-refractivity contribution in [2.75, 3.05) is 11.9 Å². The number of nitrogens with one attached hydrogen (secondary N) is 2. The molecule has 1 aliphatic heterocycles. The standard InChI is InChI=1S/C15H23N5/c1-10(2)20-8-12(5-4-11(20)3)19-15-13-6-7-16-14(13)17-9-18-15/h6-7,9-12H,4-5,8H2,1-3H3,(H2,16,17,18,19)/t11-,12-/m0/s1. The molecule has 0 amide bonds.